The summed E-state index contributed by atoms with van der Waals surface area (Å²) in [7, 11) is 3.41. The second-order valence-corrected chi connectivity index (χ2v) is 4.72. The van der Waals surface area contributed by atoms with Gasteiger partial charge in [-0.15, -0.1) is 0 Å². The molecule has 0 bridgehead atoms. The molecule has 0 aromatic carbocycles. The van der Waals surface area contributed by atoms with E-state index in [9.17, 15) is 5.11 Å². The fraction of sp³-hybridized carbons (Fsp3) is 1.00. The van der Waals surface area contributed by atoms with E-state index in [1.54, 1.807) is 14.2 Å². The number of aliphatic hydroxyl groups excluding tert-OH is 1. The molecule has 1 heterocycles. The summed E-state index contributed by atoms with van der Waals surface area (Å²) in [6.07, 6.45) is 0.931. The van der Waals surface area contributed by atoms with Crippen molar-refractivity contribution in [1.82, 2.24) is 4.90 Å². The first-order valence-corrected chi connectivity index (χ1v) is 6.15. The Hall–Kier alpha value is -0.200. The second-order valence-electron chi connectivity index (χ2n) is 4.72. The van der Waals surface area contributed by atoms with Crippen molar-refractivity contribution in [2.24, 2.45) is 5.41 Å². The van der Waals surface area contributed by atoms with Gasteiger partial charge in [0.25, 0.3) is 0 Å². The lowest BCUT2D eigenvalue weighted by molar-refractivity contribution is 0.0366. The van der Waals surface area contributed by atoms with Crippen molar-refractivity contribution in [1.29, 1.82) is 0 Å². The van der Waals surface area contributed by atoms with Gasteiger partial charge in [-0.2, -0.15) is 0 Å². The van der Waals surface area contributed by atoms with Crippen LogP contribution < -0.4 is 0 Å². The zero-order chi connectivity index (χ0) is 12.6. The van der Waals surface area contributed by atoms with Crippen LogP contribution in [0, 0.1) is 5.41 Å². The van der Waals surface area contributed by atoms with Crippen molar-refractivity contribution < 1.29 is 19.3 Å². The molecule has 1 unspecified atom stereocenters. The first-order valence-electron chi connectivity index (χ1n) is 6.15. The molecule has 0 amide bonds. The SMILES string of the molecule is COCCN(CCOC)CC1(CO)CCOC1. The van der Waals surface area contributed by atoms with Crippen LogP contribution in [0.25, 0.3) is 0 Å². The Balaban J connectivity index is 2.44. The minimum Gasteiger partial charge on any atom is -0.396 e. The van der Waals surface area contributed by atoms with Crippen LogP contribution in [0.3, 0.4) is 0 Å². The average Bonchev–Trinajstić information content (AvgIpc) is 2.82. The van der Waals surface area contributed by atoms with Gasteiger partial charge in [0, 0.05) is 45.9 Å². The van der Waals surface area contributed by atoms with Crippen LogP contribution in [-0.2, 0) is 14.2 Å². The number of aliphatic hydroxyl groups is 1. The standard InChI is InChI=1S/C12H25NO4/c1-15-7-4-13(5-8-16-2)9-12(10-14)3-6-17-11-12/h14H,3-11H2,1-2H3. The van der Waals surface area contributed by atoms with Crippen molar-refractivity contribution in [3.63, 3.8) is 0 Å². The van der Waals surface area contributed by atoms with Crippen LogP contribution in [0.4, 0.5) is 0 Å². The minimum atomic E-state index is -0.0958. The van der Waals surface area contributed by atoms with E-state index in [2.05, 4.69) is 4.90 Å². The molecule has 1 fully saturated rings. The molecule has 17 heavy (non-hydrogen) atoms. The molecule has 102 valence electrons. The number of ether oxygens (including phenoxy) is 3. The minimum absolute atomic E-state index is 0.0958. The number of rotatable bonds is 9. The molecule has 1 aliphatic heterocycles. The summed E-state index contributed by atoms with van der Waals surface area (Å²) in [5.74, 6) is 0. The van der Waals surface area contributed by atoms with Gasteiger partial charge in [-0.1, -0.05) is 0 Å². The maximum absolute atomic E-state index is 9.55. The van der Waals surface area contributed by atoms with E-state index in [4.69, 9.17) is 14.2 Å². The molecule has 1 atom stereocenters. The highest BCUT2D eigenvalue weighted by molar-refractivity contribution is 4.86. The zero-order valence-corrected chi connectivity index (χ0v) is 11.0. The smallest absolute Gasteiger partial charge is 0.0589 e. The Morgan fingerprint density at radius 1 is 1.24 bits per heavy atom. The fourth-order valence-electron chi connectivity index (χ4n) is 2.13. The summed E-state index contributed by atoms with van der Waals surface area (Å²) in [5, 5.41) is 9.55. The highest BCUT2D eigenvalue weighted by Crippen LogP contribution is 2.28. The number of hydrogen-bond acceptors (Lipinski definition) is 5. The first-order chi connectivity index (χ1) is 8.26. The molecule has 1 saturated heterocycles. The van der Waals surface area contributed by atoms with E-state index in [-0.39, 0.29) is 12.0 Å². The number of hydrogen-bond donors (Lipinski definition) is 1. The lowest BCUT2D eigenvalue weighted by Crippen LogP contribution is -2.43. The van der Waals surface area contributed by atoms with Crippen LogP contribution >= 0.6 is 0 Å². The Kier molecular flexibility index (Phi) is 6.99. The summed E-state index contributed by atoms with van der Waals surface area (Å²) in [6, 6.07) is 0. The molecule has 1 aliphatic rings. The molecule has 1 N–H and O–H groups in total. The summed E-state index contributed by atoms with van der Waals surface area (Å²) >= 11 is 0. The van der Waals surface area contributed by atoms with Gasteiger partial charge in [0.15, 0.2) is 0 Å². The molecular weight excluding hydrogens is 222 g/mol. The monoisotopic (exact) mass is 247 g/mol. The van der Waals surface area contributed by atoms with E-state index >= 15 is 0 Å². The van der Waals surface area contributed by atoms with E-state index in [1.807, 2.05) is 0 Å². The molecule has 0 spiro atoms. The summed E-state index contributed by atoms with van der Waals surface area (Å²) < 4.78 is 15.6. The van der Waals surface area contributed by atoms with Crippen molar-refractivity contribution in [3.8, 4) is 0 Å². The van der Waals surface area contributed by atoms with Gasteiger partial charge in [-0.05, 0) is 6.42 Å². The second kappa shape index (κ2) is 8.00. The molecular formula is C12H25NO4. The molecule has 0 aromatic rings. The quantitative estimate of drug-likeness (QED) is 0.620. The van der Waals surface area contributed by atoms with Gasteiger partial charge >= 0.3 is 0 Å². The van der Waals surface area contributed by atoms with Crippen molar-refractivity contribution in [2.45, 2.75) is 6.42 Å². The van der Waals surface area contributed by atoms with Gasteiger partial charge in [0.05, 0.1) is 26.4 Å². The predicted octanol–water partition coefficient (Wildman–Crippen LogP) is -0.0198. The fourth-order valence-corrected chi connectivity index (χ4v) is 2.13. The maximum atomic E-state index is 9.55. The van der Waals surface area contributed by atoms with Crippen LogP contribution in [0.5, 0.6) is 0 Å². The predicted molar refractivity (Wildman–Crippen MR) is 65.1 cm³/mol. The van der Waals surface area contributed by atoms with Crippen molar-refractivity contribution in [2.75, 3.05) is 66.9 Å². The van der Waals surface area contributed by atoms with E-state index in [0.717, 1.165) is 32.7 Å². The maximum Gasteiger partial charge on any atom is 0.0589 e. The Bertz CT molecular complexity index is 187. The van der Waals surface area contributed by atoms with Crippen LogP contribution in [0.1, 0.15) is 6.42 Å². The van der Waals surface area contributed by atoms with Crippen molar-refractivity contribution >= 4 is 0 Å². The van der Waals surface area contributed by atoms with Gasteiger partial charge in [0.1, 0.15) is 0 Å². The van der Waals surface area contributed by atoms with Gasteiger partial charge in [-0.25, -0.2) is 0 Å². The van der Waals surface area contributed by atoms with Gasteiger partial charge in [0.2, 0.25) is 0 Å². The Morgan fingerprint density at radius 3 is 2.29 bits per heavy atom. The highest BCUT2D eigenvalue weighted by atomic mass is 16.5. The van der Waals surface area contributed by atoms with Gasteiger partial charge < -0.3 is 19.3 Å². The molecule has 0 aliphatic carbocycles. The summed E-state index contributed by atoms with van der Waals surface area (Å²) in [4.78, 5) is 2.28. The van der Waals surface area contributed by atoms with Crippen LogP contribution in [0.15, 0.2) is 0 Å². The number of methoxy groups -OCH3 is 2. The van der Waals surface area contributed by atoms with Crippen LogP contribution in [0.2, 0.25) is 0 Å². The lowest BCUT2D eigenvalue weighted by atomic mass is 9.87. The third kappa shape index (κ3) is 4.89. The average molecular weight is 247 g/mol. The first kappa shape index (κ1) is 14.9. The van der Waals surface area contributed by atoms with E-state index in [0.29, 0.717) is 19.8 Å². The largest absolute Gasteiger partial charge is 0.396 e. The van der Waals surface area contributed by atoms with E-state index < -0.39 is 0 Å². The molecule has 5 heteroatoms. The Labute approximate surface area is 104 Å². The van der Waals surface area contributed by atoms with Crippen LogP contribution in [-0.4, -0.2) is 76.9 Å². The normalized spacial score (nSPS) is 24.7. The van der Waals surface area contributed by atoms with Crippen molar-refractivity contribution in [3.05, 3.63) is 0 Å². The topological polar surface area (TPSA) is 51.2 Å². The molecule has 0 aromatic heterocycles. The lowest BCUT2D eigenvalue weighted by Gasteiger charge is -2.32. The zero-order valence-electron chi connectivity index (χ0n) is 11.0. The molecule has 5 nitrogen and oxygen atoms in total. The number of nitrogens with zero attached hydrogens (tertiary/aromatic N) is 1. The summed E-state index contributed by atoms with van der Waals surface area (Å²) in [6.45, 7) is 5.56. The highest BCUT2D eigenvalue weighted by Gasteiger charge is 2.35. The van der Waals surface area contributed by atoms with Gasteiger partial charge in [-0.3, -0.25) is 4.90 Å². The molecule has 0 saturated carbocycles. The molecule has 1 rings (SSSR count). The third-order valence-corrected chi connectivity index (χ3v) is 3.30. The Morgan fingerprint density at radius 2 is 1.88 bits per heavy atom. The molecule has 0 radical (unpaired) electrons. The summed E-state index contributed by atoms with van der Waals surface area (Å²) in [5.41, 5.74) is -0.0958. The van der Waals surface area contributed by atoms with E-state index in [1.165, 1.54) is 0 Å². The third-order valence-electron chi connectivity index (χ3n) is 3.30.